The number of ether oxygens (including phenoxy) is 2. The van der Waals surface area contributed by atoms with Crippen LogP contribution in [0.4, 0.5) is 5.13 Å². The molecule has 0 unspecified atom stereocenters. The van der Waals surface area contributed by atoms with Gasteiger partial charge in [0.2, 0.25) is 15.2 Å². The Morgan fingerprint density at radius 1 is 1.38 bits per heavy atom. The molecule has 1 amide bonds. The maximum Gasteiger partial charge on any atom is 0.280 e. The van der Waals surface area contributed by atoms with Crippen LogP contribution in [-0.2, 0) is 29.1 Å². The van der Waals surface area contributed by atoms with E-state index in [-0.39, 0.29) is 29.9 Å². The number of methoxy groups -OCH3 is 1. The second-order valence-electron chi connectivity index (χ2n) is 6.98. The molecule has 32 heavy (non-hydrogen) atoms. The molecule has 0 aliphatic carbocycles. The zero-order valence-electron chi connectivity index (χ0n) is 18.0. The maximum atomic E-state index is 12.9. The lowest BCUT2D eigenvalue weighted by Gasteiger charge is -2.17. The third-order valence-corrected chi connectivity index (χ3v) is 7.18. The molecule has 1 fully saturated rings. The Morgan fingerprint density at radius 3 is 2.72 bits per heavy atom. The molecule has 1 aliphatic rings. The lowest BCUT2D eigenvalue weighted by atomic mass is 10.1. The molecule has 11 nitrogen and oxygen atoms in total. The van der Waals surface area contributed by atoms with Crippen molar-refractivity contribution < 1.29 is 27.5 Å². The first-order valence-corrected chi connectivity index (χ1v) is 12.0. The first kappa shape index (κ1) is 24.2. The molecular formula is C19H25N5O6S2. The molecule has 1 atom stereocenters. The van der Waals surface area contributed by atoms with Crippen LogP contribution in [0.5, 0.6) is 0 Å². The van der Waals surface area contributed by atoms with E-state index < -0.39 is 15.9 Å². The second kappa shape index (κ2) is 10.9. The molecule has 2 aromatic rings. The summed E-state index contributed by atoms with van der Waals surface area (Å²) in [6, 6.07) is 5.86. The molecule has 13 heteroatoms. The summed E-state index contributed by atoms with van der Waals surface area (Å²) in [4.78, 5) is 22.6. The van der Waals surface area contributed by atoms with Gasteiger partial charge in [0.25, 0.3) is 5.91 Å². The van der Waals surface area contributed by atoms with Crippen LogP contribution in [0, 0.1) is 6.92 Å². The Balaban J connectivity index is 1.83. The summed E-state index contributed by atoms with van der Waals surface area (Å²) < 4.78 is 40.9. The van der Waals surface area contributed by atoms with Crippen molar-refractivity contribution in [2.75, 3.05) is 45.8 Å². The zero-order chi connectivity index (χ0) is 23.1. The molecule has 0 bridgehead atoms. The fourth-order valence-electron chi connectivity index (χ4n) is 2.76. The quantitative estimate of drug-likeness (QED) is 0.395. The maximum absolute atomic E-state index is 12.9. The third-order valence-electron chi connectivity index (χ3n) is 4.59. The summed E-state index contributed by atoms with van der Waals surface area (Å²) in [5.41, 5.74) is 0.377. The van der Waals surface area contributed by atoms with Gasteiger partial charge in [-0.15, -0.1) is 0 Å². The SMILES string of the molecule is COCCN(C)S(=O)(=O)c1ccc(C(=NO[C@@H]2CCOC2)C(=O)Nc2nc(C)ns2)cc1. The van der Waals surface area contributed by atoms with Crippen molar-refractivity contribution in [1.29, 1.82) is 0 Å². The van der Waals surface area contributed by atoms with E-state index >= 15 is 0 Å². The van der Waals surface area contributed by atoms with E-state index in [1.165, 1.54) is 42.7 Å². The highest BCUT2D eigenvalue weighted by molar-refractivity contribution is 7.89. The number of nitrogens with one attached hydrogen (secondary N) is 1. The summed E-state index contributed by atoms with van der Waals surface area (Å²) in [5, 5.41) is 7.02. The summed E-state index contributed by atoms with van der Waals surface area (Å²) >= 11 is 1.05. The molecule has 2 heterocycles. The minimum atomic E-state index is -3.70. The van der Waals surface area contributed by atoms with Crippen LogP contribution in [0.2, 0.25) is 0 Å². The number of carbonyl (C=O) groups is 1. The number of aryl methyl sites for hydroxylation is 1. The van der Waals surface area contributed by atoms with Gasteiger partial charge in [0.05, 0.1) is 24.7 Å². The van der Waals surface area contributed by atoms with Gasteiger partial charge in [-0.1, -0.05) is 17.3 Å². The van der Waals surface area contributed by atoms with E-state index in [0.717, 1.165) is 11.5 Å². The van der Waals surface area contributed by atoms with Gasteiger partial charge in [-0.3, -0.25) is 10.1 Å². The molecule has 174 valence electrons. The summed E-state index contributed by atoms with van der Waals surface area (Å²) in [6.45, 7) is 3.16. The normalized spacial score (nSPS) is 17.0. The van der Waals surface area contributed by atoms with E-state index in [2.05, 4.69) is 19.8 Å². The van der Waals surface area contributed by atoms with Crippen LogP contribution >= 0.6 is 11.5 Å². The number of oxime groups is 1. The van der Waals surface area contributed by atoms with Crippen LogP contribution in [0.3, 0.4) is 0 Å². The number of anilines is 1. The Morgan fingerprint density at radius 2 is 2.12 bits per heavy atom. The average Bonchev–Trinajstić information content (AvgIpc) is 3.44. The Labute approximate surface area is 190 Å². The molecule has 1 aromatic heterocycles. The molecule has 3 rings (SSSR count). The monoisotopic (exact) mass is 483 g/mol. The average molecular weight is 484 g/mol. The van der Waals surface area contributed by atoms with Crippen LogP contribution < -0.4 is 5.32 Å². The predicted molar refractivity (Wildman–Crippen MR) is 118 cm³/mol. The van der Waals surface area contributed by atoms with Crippen molar-refractivity contribution in [3.63, 3.8) is 0 Å². The highest BCUT2D eigenvalue weighted by Crippen LogP contribution is 2.18. The van der Waals surface area contributed by atoms with Crippen LogP contribution in [0.1, 0.15) is 17.8 Å². The molecule has 0 saturated carbocycles. The van der Waals surface area contributed by atoms with Crippen molar-refractivity contribution in [2.24, 2.45) is 5.16 Å². The Bertz CT molecular complexity index is 1050. The van der Waals surface area contributed by atoms with Gasteiger partial charge >= 0.3 is 0 Å². The molecule has 0 radical (unpaired) electrons. The van der Waals surface area contributed by atoms with Crippen LogP contribution in [0.25, 0.3) is 0 Å². The predicted octanol–water partition coefficient (Wildman–Crippen LogP) is 1.26. The van der Waals surface area contributed by atoms with E-state index in [1.54, 1.807) is 6.92 Å². The number of likely N-dealkylation sites (N-methyl/N-ethyl adjacent to an activating group) is 1. The number of aromatic nitrogens is 2. The third kappa shape index (κ3) is 6.07. The minimum absolute atomic E-state index is 0.0126. The van der Waals surface area contributed by atoms with E-state index in [9.17, 15) is 13.2 Å². The standard InChI is InChI=1S/C19H25N5O6S2/c1-13-20-19(31-23-13)21-18(25)17(22-30-15-8-10-29-12-15)14-4-6-16(7-5-14)32(26,27)24(2)9-11-28-3/h4-7,15H,8-12H2,1-3H3,(H,20,21,23,25)/t15-/m1/s1. The van der Waals surface area contributed by atoms with Gasteiger partial charge < -0.3 is 14.3 Å². The zero-order valence-corrected chi connectivity index (χ0v) is 19.6. The molecule has 1 aliphatic heterocycles. The van der Waals surface area contributed by atoms with Crippen molar-refractivity contribution in [2.45, 2.75) is 24.3 Å². The minimum Gasteiger partial charge on any atom is -0.389 e. The van der Waals surface area contributed by atoms with Gasteiger partial charge in [-0.2, -0.15) is 8.68 Å². The van der Waals surface area contributed by atoms with Crippen LogP contribution in [0.15, 0.2) is 34.3 Å². The van der Waals surface area contributed by atoms with E-state index in [0.29, 0.717) is 36.2 Å². The molecule has 1 N–H and O–H groups in total. The van der Waals surface area contributed by atoms with Gasteiger partial charge in [-0.25, -0.2) is 13.4 Å². The van der Waals surface area contributed by atoms with Gasteiger partial charge in [0, 0.05) is 44.2 Å². The number of sulfonamides is 1. The van der Waals surface area contributed by atoms with Gasteiger partial charge in [0.15, 0.2) is 11.8 Å². The first-order valence-electron chi connectivity index (χ1n) is 9.80. The number of hydrogen-bond donors (Lipinski definition) is 1. The fraction of sp³-hybridized carbons (Fsp3) is 0.474. The Kier molecular flexibility index (Phi) is 8.26. The molecule has 0 spiro atoms. The summed E-state index contributed by atoms with van der Waals surface area (Å²) in [5.74, 6) is -0.0109. The largest absolute Gasteiger partial charge is 0.389 e. The fourth-order valence-corrected chi connectivity index (χ4v) is 4.48. The topological polar surface area (TPSA) is 132 Å². The smallest absolute Gasteiger partial charge is 0.280 e. The lowest BCUT2D eigenvalue weighted by molar-refractivity contribution is -0.110. The number of nitrogens with zero attached hydrogens (tertiary/aromatic N) is 4. The van der Waals surface area contributed by atoms with Gasteiger partial charge in [0.1, 0.15) is 5.82 Å². The number of rotatable bonds is 10. The van der Waals surface area contributed by atoms with Crippen LogP contribution in [-0.4, -0.2) is 80.3 Å². The number of amides is 1. The van der Waals surface area contributed by atoms with Gasteiger partial charge in [-0.05, 0) is 19.1 Å². The molecule has 1 saturated heterocycles. The van der Waals surface area contributed by atoms with Crippen molar-refractivity contribution in [3.05, 3.63) is 35.7 Å². The lowest BCUT2D eigenvalue weighted by Crippen LogP contribution is -2.30. The number of benzene rings is 1. The second-order valence-corrected chi connectivity index (χ2v) is 9.77. The first-order chi connectivity index (χ1) is 15.3. The number of carbonyl (C=O) groups excluding carboxylic acids is 1. The summed E-state index contributed by atoms with van der Waals surface area (Å²) in [7, 11) is -0.716. The van der Waals surface area contributed by atoms with E-state index in [4.69, 9.17) is 14.3 Å². The van der Waals surface area contributed by atoms with Crippen molar-refractivity contribution >= 4 is 38.3 Å². The Hall–Kier alpha value is -2.45. The van der Waals surface area contributed by atoms with Crippen molar-refractivity contribution in [1.82, 2.24) is 13.7 Å². The van der Waals surface area contributed by atoms with E-state index in [1.807, 2.05) is 0 Å². The molecule has 1 aromatic carbocycles. The van der Waals surface area contributed by atoms with Crippen molar-refractivity contribution in [3.8, 4) is 0 Å². The molecular weight excluding hydrogens is 458 g/mol. The highest BCUT2D eigenvalue weighted by atomic mass is 32.2. The number of hydrogen-bond acceptors (Lipinski definition) is 10. The highest BCUT2D eigenvalue weighted by Gasteiger charge is 2.24. The summed E-state index contributed by atoms with van der Waals surface area (Å²) in [6.07, 6.45) is 0.412.